The van der Waals surface area contributed by atoms with Crippen LogP contribution in [0.4, 0.5) is 5.82 Å². The van der Waals surface area contributed by atoms with Crippen molar-refractivity contribution >= 4 is 17.6 Å². The number of carbonyl (C=O) groups is 2. The molecule has 0 radical (unpaired) electrons. The molecule has 0 spiro atoms. The molecule has 3 atom stereocenters. The molecule has 2 amide bonds. The van der Waals surface area contributed by atoms with Gasteiger partial charge in [-0.1, -0.05) is 19.0 Å². The first-order chi connectivity index (χ1) is 11.7. The standard InChI is InChI=1S/C17H26N4O4/c1-10-8-12(20-25-10)19-13(22)9-21(4)15(23)17(18)11-6-5-7-24-14(11)16(17,2)3/h8,11,14H,5-7,9,18H2,1-4H3,(H,19,20,22). The molecule has 3 N–H and O–H groups in total. The Hall–Kier alpha value is -1.93. The number of fused-ring (bicyclic) bond motifs is 1. The number of likely N-dealkylation sites (N-methyl/N-ethyl adjacent to an activating group) is 1. The van der Waals surface area contributed by atoms with E-state index in [9.17, 15) is 9.59 Å². The van der Waals surface area contributed by atoms with Gasteiger partial charge in [-0.2, -0.15) is 0 Å². The Morgan fingerprint density at radius 1 is 1.48 bits per heavy atom. The summed E-state index contributed by atoms with van der Waals surface area (Å²) in [4.78, 5) is 26.6. The minimum atomic E-state index is -1.02. The third-order valence-corrected chi connectivity index (χ3v) is 5.66. The number of hydrogen-bond donors (Lipinski definition) is 2. The summed E-state index contributed by atoms with van der Waals surface area (Å²) in [7, 11) is 1.59. The van der Waals surface area contributed by atoms with Crippen LogP contribution in [0, 0.1) is 18.3 Å². The van der Waals surface area contributed by atoms with Gasteiger partial charge in [0.1, 0.15) is 11.3 Å². The second-order valence-corrected chi connectivity index (χ2v) is 7.66. The fourth-order valence-corrected chi connectivity index (χ4v) is 4.22. The predicted molar refractivity (Wildman–Crippen MR) is 90.7 cm³/mol. The lowest BCUT2D eigenvalue weighted by molar-refractivity contribution is -0.229. The molecule has 8 nitrogen and oxygen atoms in total. The van der Waals surface area contributed by atoms with Gasteiger partial charge < -0.3 is 25.2 Å². The molecule has 2 aliphatic rings. The fourth-order valence-electron chi connectivity index (χ4n) is 4.22. The van der Waals surface area contributed by atoms with E-state index in [2.05, 4.69) is 10.5 Å². The molecule has 25 heavy (non-hydrogen) atoms. The summed E-state index contributed by atoms with van der Waals surface area (Å²) in [6, 6.07) is 1.61. The predicted octanol–water partition coefficient (Wildman–Crippen LogP) is 0.912. The second kappa shape index (κ2) is 6.10. The molecule has 3 rings (SSSR count). The molecule has 0 bridgehead atoms. The molecule has 0 aromatic carbocycles. The van der Waals surface area contributed by atoms with Crippen LogP contribution in [0.1, 0.15) is 32.4 Å². The van der Waals surface area contributed by atoms with Crippen LogP contribution in [0.25, 0.3) is 0 Å². The van der Waals surface area contributed by atoms with Crippen molar-refractivity contribution < 1.29 is 18.8 Å². The summed E-state index contributed by atoms with van der Waals surface area (Å²) in [5.41, 5.74) is 5.10. The normalized spacial score (nSPS) is 30.1. The van der Waals surface area contributed by atoms with Crippen LogP contribution in [0.15, 0.2) is 10.6 Å². The number of nitrogens with one attached hydrogen (secondary N) is 1. The van der Waals surface area contributed by atoms with E-state index < -0.39 is 11.0 Å². The quantitative estimate of drug-likeness (QED) is 0.835. The van der Waals surface area contributed by atoms with Crippen molar-refractivity contribution in [3.63, 3.8) is 0 Å². The van der Waals surface area contributed by atoms with Crippen LogP contribution in [0.2, 0.25) is 0 Å². The van der Waals surface area contributed by atoms with E-state index in [0.717, 1.165) is 12.8 Å². The average molecular weight is 350 g/mol. The van der Waals surface area contributed by atoms with E-state index in [-0.39, 0.29) is 30.4 Å². The number of nitrogens with zero attached hydrogens (tertiary/aromatic N) is 2. The third kappa shape index (κ3) is 2.73. The third-order valence-electron chi connectivity index (χ3n) is 5.66. The van der Waals surface area contributed by atoms with E-state index >= 15 is 0 Å². The first-order valence-corrected chi connectivity index (χ1v) is 8.57. The highest BCUT2D eigenvalue weighted by atomic mass is 16.5. The van der Waals surface area contributed by atoms with Crippen molar-refractivity contribution in [1.29, 1.82) is 0 Å². The number of hydrogen-bond acceptors (Lipinski definition) is 6. The number of ether oxygens (including phenoxy) is 1. The Bertz CT molecular complexity index is 686. The topological polar surface area (TPSA) is 111 Å². The van der Waals surface area contributed by atoms with Gasteiger partial charge in [0.15, 0.2) is 5.82 Å². The minimum Gasteiger partial charge on any atom is -0.377 e. The summed E-state index contributed by atoms with van der Waals surface area (Å²) in [6.07, 6.45) is 1.77. The first-order valence-electron chi connectivity index (χ1n) is 8.57. The zero-order valence-electron chi connectivity index (χ0n) is 15.2. The summed E-state index contributed by atoms with van der Waals surface area (Å²) in [5, 5.41) is 6.32. The smallest absolute Gasteiger partial charge is 0.245 e. The molecule has 2 fully saturated rings. The number of carbonyl (C=O) groups excluding carboxylic acids is 2. The molecule has 1 aliphatic carbocycles. The second-order valence-electron chi connectivity index (χ2n) is 7.66. The van der Waals surface area contributed by atoms with E-state index in [1.807, 2.05) is 13.8 Å². The van der Waals surface area contributed by atoms with Gasteiger partial charge in [-0.05, 0) is 19.8 Å². The molecular weight excluding hydrogens is 324 g/mol. The van der Waals surface area contributed by atoms with Gasteiger partial charge in [-0.25, -0.2) is 0 Å². The molecule has 138 valence electrons. The van der Waals surface area contributed by atoms with E-state index in [1.54, 1.807) is 20.0 Å². The summed E-state index contributed by atoms with van der Waals surface area (Å²) >= 11 is 0. The lowest BCUT2D eigenvalue weighted by atomic mass is 9.46. The van der Waals surface area contributed by atoms with Crippen molar-refractivity contribution in [1.82, 2.24) is 10.1 Å². The number of nitrogens with two attached hydrogens (primary N) is 1. The zero-order chi connectivity index (χ0) is 18.4. The van der Waals surface area contributed by atoms with E-state index in [1.165, 1.54) is 4.90 Å². The van der Waals surface area contributed by atoms with Crippen molar-refractivity contribution in [2.45, 2.75) is 45.3 Å². The Morgan fingerprint density at radius 2 is 2.20 bits per heavy atom. The van der Waals surface area contributed by atoms with Gasteiger partial charge in [-0.3, -0.25) is 9.59 Å². The molecule has 1 aliphatic heterocycles. The molecule has 2 heterocycles. The summed E-state index contributed by atoms with van der Waals surface area (Å²) in [6.45, 7) is 6.27. The van der Waals surface area contributed by atoms with Crippen molar-refractivity contribution in [2.75, 3.05) is 25.5 Å². The maximum atomic E-state index is 13.0. The zero-order valence-corrected chi connectivity index (χ0v) is 15.2. The molecule has 8 heteroatoms. The van der Waals surface area contributed by atoms with Crippen molar-refractivity contribution in [3.8, 4) is 0 Å². The highest BCUT2D eigenvalue weighted by Crippen LogP contribution is 2.57. The lowest BCUT2D eigenvalue weighted by Crippen LogP contribution is -2.82. The van der Waals surface area contributed by atoms with E-state index in [0.29, 0.717) is 18.2 Å². The van der Waals surface area contributed by atoms with Crippen LogP contribution >= 0.6 is 0 Å². The fraction of sp³-hybridized carbons (Fsp3) is 0.706. The van der Waals surface area contributed by atoms with Crippen molar-refractivity contribution in [3.05, 3.63) is 11.8 Å². The number of anilines is 1. The first kappa shape index (κ1) is 17.9. The SMILES string of the molecule is Cc1cc(NC(=O)CN(C)C(=O)C2(N)C3CCCOC3C2(C)C)no1. The largest absolute Gasteiger partial charge is 0.377 e. The van der Waals surface area contributed by atoms with E-state index in [4.69, 9.17) is 15.0 Å². The number of amides is 2. The Balaban J connectivity index is 1.66. The van der Waals surface area contributed by atoms with Crippen LogP contribution in [-0.4, -0.2) is 53.7 Å². The maximum Gasteiger partial charge on any atom is 0.245 e. The number of aryl methyl sites for hydroxylation is 1. The van der Waals surface area contributed by atoms with Crippen LogP contribution < -0.4 is 11.1 Å². The van der Waals surface area contributed by atoms with Gasteiger partial charge in [0.2, 0.25) is 11.8 Å². The Kier molecular flexibility index (Phi) is 4.36. The summed E-state index contributed by atoms with van der Waals surface area (Å²) < 4.78 is 10.7. The minimum absolute atomic E-state index is 0.00414. The number of rotatable bonds is 4. The maximum absolute atomic E-state index is 13.0. The molecule has 3 unspecified atom stereocenters. The molecule has 1 saturated heterocycles. The van der Waals surface area contributed by atoms with Gasteiger partial charge in [0.05, 0.1) is 12.6 Å². The molecule has 1 aromatic rings. The van der Waals surface area contributed by atoms with Gasteiger partial charge in [0.25, 0.3) is 0 Å². The van der Waals surface area contributed by atoms with Gasteiger partial charge >= 0.3 is 0 Å². The summed E-state index contributed by atoms with van der Waals surface area (Å²) in [5.74, 6) is 0.347. The molecule has 1 saturated carbocycles. The van der Waals surface area contributed by atoms with Gasteiger partial charge in [-0.15, -0.1) is 0 Å². The number of aromatic nitrogens is 1. The highest BCUT2D eigenvalue weighted by molar-refractivity contribution is 5.96. The molecule has 1 aromatic heterocycles. The highest BCUT2D eigenvalue weighted by Gasteiger charge is 2.70. The van der Waals surface area contributed by atoms with Crippen molar-refractivity contribution in [2.24, 2.45) is 17.1 Å². The van der Waals surface area contributed by atoms with Crippen LogP contribution in [0.5, 0.6) is 0 Å². The van der Waals surface area contributed by atoms with Gasteiger partial charge in [0, 0.05) is 31.1 Å². The Labute approximate surface area is 147 Å². The Morgan fingerprint density at radius 3 is 2.84 bits per heavy atom. The molecular formula is C17H26N4O4. The van der Waals surface area contributed by atoms with Crippen LogP contribution in [-0.2, 0) is 14.3 Å². The monoisotopic (exact) mass is 350 g/mol. The lowest BCUT2D eigenvalue weighted by Gasteiger charge is -2.65. The average Bonchev–Trinajstić information content (AvgIpc) is 2.97. The van der Waals surface area contributed by atoms with Crippen LogP contribution in [0.3, 0.4) is 0 Å².